The number of rotatable bonds is 24. The number of sulfonamides is 2. The van der Waals surface area contributed by atoms with E-state index >= 15 is 0 Å². The van der Waals surface area contributed by atoms with Crippen molar-refractivity contribution in [1.29, 1.82) is 0 Å². The number of para-hydroxylation sites is 1. The second kappa shape index (κ2) is 26.9. The van der Waals surface area contributed by atoms with Crippen LogP contribution in [0.15, 0.2) is 161 Å². The molecule has 0 spiro atoms. The second-order valence-corrected chi connectivity index (χ2v) is 19.6. The fourth-order valence-corrected chi connectivity index (χ4v) is 9.50. The number of carbonyl (C=O) groups is 5. The number of carbonyl (C=O) groups excluding carboxylic acids is 5. The molecule has 1 fully saturated rings. The van der Waals surface area contributed by atoms with E-state index in [4.69, 9.17) is 9.22 Å². The zero-order chi connectivity index (χ0) is 48.8. The first kappa shape index (κ1) is 52.7. The summed E-state index contributed by atoms with van der Waals surface area (Å²) in [6, 6.07) is 41.4. The summed E-state index contributed by atoms with van der Waals surface area (Å²) < 4.78 is 60.6. The lowest BCUT2D eigenvalue weighted by atomic mass is 9.97. The largest absolute Gasteiger partial charge is 0.348 e. The maximum absolute atomic E-state index is 13.3. The van der Waals surface area contributed by atoms with Crippen LogP contribution in [-0.2, 0) is 61.2 Å². The van der Waals surface area contributed by atoms with Gasteiger partial charge >= 0.3 is 0 Å². The van der Waals surface area contributed by atoms with E-state index in [0.29, 0.717) is 25.1 Å². The fraction of sp³-hybridized carbons (Fsp3) is 0.271. The summed E-state index contributed by atoms with van der Waals surface area (Å²) in [4.78, 5) is 68.8. The molecule has 3 amide bonds. The smallest absolute Gasteiger partial charge is 0.289 e. The van der Waals surface area contributed by atoms with Crippen molar-refractivity contribution >= 4 is 61.6 Å². The molecule has 3 atom stereocenters. The first-order valence-electron chi connectivity index (χ1n) is 21.7. The standard InChI is InChI=1S/C29H32N4O7S2.C19H22N2O4S/c34-27(29(36)30-18-19-31-42(37,38)24-15-8-3-9-16-24)25(21-22-11-4-1-5-12-22)32-28(35)26-17-10-20-33(26)41-40-39-23-13-6-2-7-14-23;1-15(14-16-8-4-2-5-9-16)18(22)19(23)20-12-13-21-26(24,25)17-10-6-3-7-11-17/h1-9,11-16,25-26,31H,10,17-21H2,(H,30,36)(H,32,35);2-11,15,21H,12-14H2,1H3,(H,20,23)/t25?,26-;15-/m00/s1. The fourth-order valence-electron chi connectivity index (χ4n) is 6.69. The van der Waals surface area contributed by atoms with Crippen LogP contribution in [0.5, 0.6) is 5.75 Å². The van der Waals surface area contributed by atoms with Crippen LogP contribution in [0.25, 0.3) is 0 Å². The van der Waals surface area contributed by atoms with Gasteiger partial charge in [-0.2, -0.15) is 0 Å². The Morgan fingerprint density at radius 3 is 1.54 bits per heavy atom. The SMILES string of the molecule is C[C@@H](Cc1ccccc1)C(=O)C(=O)NCCNS(=O)(=O)c1ccccc1.O=C(NCCNS(=O)(=O)c1ccccc1)C(=O)C(Cc1ccccc1)NC(=O)[C@@H]1CCCN1SOOc1ccccc1. The number of ketones is 2. The lowest BCUT2D eigenvalue weighted by Gasteiger charge is -2.24. The van der Waals surface area contributed by atoms with Crippen LogP contribution in [0.2, 0.25) is 0 Å². The van der Waals surface area contributed by atoms with E-state index in [-0.39, 0.29) is 42.4 Å². The van der Waals surface area contributed by atoms with Crippen molar-refractivity contribution < 1.29 is 50.0 Å². The zero-order valence-electron chi connectivity index (χ0n) is 37.2. The molecule has 0 saturated carbocycles. The minimum atomic E-state index is -3.76. The van der Waals surface area contributed by atoms with E-state index < -0.39 is 67.3 Å². The first-order chi connectivity index (χ1) is 32.7. The van der Waals surface area contributed by atoms with Crippen molar-refractivity contribution in [2.45, 2.75) is 54.5 Å². The summed E-state index contributed by atoms with van der Waals surface area (Å²) in [5.74, 6) is -3.32. The van der Waals surface area contributed by atoms with Crippen LogP contribution in [0.1, 0.15) is 30.9 Å². The number of benzene rings is 5. The third-order valence-electron chi connectivity index (χ3n) is 10.2. The quantitative estimate of drug-likeness (QED) is 0.0147. The predicted molar refractivity (Wildman–Crippen MR) is 256 cm³/mol. The molecule has 1 heterocycles. The van der Waals surface area contributed by atoms with Gasteiger partial charge in [-0.1, -0.05) is 127 Å². The van der Waals surface area contributed by atoms with E-state index in [9.17, 15) is 40.8 Å². The van der Waals surface area contributed by atoms with Crippen LogP contribution in [-0.4, -0.2) is 95.2 Å². The molecule has 0 radical (unpaired) electrons. The van der Waals surface area contributed by atoms with E-state index in [1.54, 1.807) is 96.2 Å². The molecule has 1 unspecified atom stereocenters. The third-order valence-corrected chi connectivity index (χ3v) is 13.9. The topological polar surface area (TPSA) is 235 Å². The van der Waals surface area contributed by atoms with E-state index in [2.05, 4.69) is 25.4 Å². The van der Waals surface area contributed by atoms with Gasteiger partial charge in [0.25, 0.3) is 11.8 Å². The van der Waals surface area contributed by atoms with Gasteiger partial charge in [0.05, 0.1) is 9.79 Å². The van der Waals surface area contributed by atoms with Gasteiger partial charge in [-0.15, -0.1) is 0 Å². The van der Waals surface area contributed by atoms with Crippen molar-refractivity contribution in [3.8, 4) is 5.75 Å². The molecular weight excluding hydrogens is 933 g/mol. The minimum Gasteiger partial charge on any atom is -0.348 e. The highest BCUT2D eigenvalue weighted by molar-refractivity contribution is 7.92. The normalized spacial score (nSPS) is 14.6. The number of nitrogens with zero attached hydrogens (tertiary/aromatic N) is 1. The van der Waals surface area contributed by atoms with E-state index in [0.717, 1.165) is 29.8 Å². The van der Waals surface area contributed by atoms with E-state index in [1.165, 1.54) is 24.3 Å². The molecule has 5 aromatic rings. The van der Waals surface area contributed by atoms with Crippen LogP contribution < -0.4 is 30.3 Å². The van der Waals surface area contributed by atoms with Gasteiger partial charge in [0.2, 0.25) is 37.5 Å². The van der Waals surface area contributed by atoms with Crippen LogP contribution in [0.4, 0.5) is 0 Å². The number of hydrogen-bond acceptors (Lipinski definition) is 13. The Bertz CT molecular complexity index is 2620. The van der Waals surface area contributed by atoms with Crippen LogP contribution in [0.3, 0.4) is 0 Å². The number of nitrogens with one attached hydrogen (secondary N) is 5. The summed E-state index contributed by atoms with van der Waals surface area (Å²) >= 11 is 0.905. The van der Waals surface area contributed by atoms with Gasteiger partial charge in [-0.05, 0) is 66.8 Å². The Morgan fingerprint density at radius 2 is 1.04 bits per heavy atom. The zero-order valence-corrected chi connectivity index (χ0v) is 39.6. The summed E-state index contributed by atoms with van der Waals surface area (Å²) in [6.45, 7) is 2.07. The van der Waals surface area contributed by atoms with Gasteiger partial charge < -0.3 is 20.8 Å². The molecule has 5 aromatic carbocycles. The molecule has 5 N–H and O–H groups in total. The Hall–Kier alpha value is -6.26. The van der Waals surface area contributed by atoms with Crippen molar-refractivity contribution in [3.63, 3.8) is 0 Å². The number of amides is 3. The molecule has 0 aromatic heterocycles. The molecule has 1 aliphatic rings. The maximum atomic E-state index is 13.3. The Labute approximate surface area is 401 Å². The Balaban J connectivity index is 0.000000285. The second-order valence-electron chi connectivity index (χ2n) is 15.3. The lowest BCUT2D eigenvalue weighted by Crippen LogP contribution is -2.53. The summed E-state index contributed by atoms with van der Waals surface area (Å²) in [5, 5.41) is 7.66. The summed E-state index contributed by atoms with van der Waals surface area (Å²) in [5.41, 5.74) is 1.74. The minimum absolute atomic E-state index is 0.00329. The molecule has 1 aliphatic heterocycles. The monoisotopic (exact) mass is 986 g/mol. The average molecular weight is 987 g/mol. The van der Waals surface area contributed by atoms with E-state index in [1.807, 2.05) is 42.5 Å². The highest BCUT2D eigenvalue weighted by Gasteiger charge is 2.36. The van der Waals surface area contributed by atoms with Gasteiger partial charge in [0.1, 0.15) is 24.3 Å². The molecule has 360 valence electrons. The van der Waals surface area contributed by atoms with Crippen molar-refractivity contribution in [2.24, 2.45) is 5.92 Å². The Kier molecular flexibility index (Phi) is 20.9. The molecular formula is C48H54N6O11S3. The van der Waals surface area contributed by atoms with Gasteiger partial charge in [-0.3, -0.25) is 24.0 Å². The van der Waals surface area contributed by atoms with Crippen LogP contribution in [0, 0.1) is 5.92 Å². The maximum Gasteiger partial charge on any atom is 0.289 e. The van der Waals surface area contributed by atoms with Gasteiger partial charge in [0, 0.05) is 45.1 Å². The molecule has 0 aliphatic carbocycles. The molecule has 1 saturated heterocycles. The highest BCUT2D eigenvalue weighted by atomic mass is 32.2. The number of hydrogen-bond donors (Lipinski definition) is 5. The van der Waals surface area contributed by atoms with Gasteiger partial charge in [0.15, 0.2) is 5.75 Å². The number of Topliss-reactive ketones (excluding diaryl/α,β-unsaturated/α-hetero) is 2. The van der Waals surface area contributed by atoms with Crippen LogP contribution >= 0.6 is 12.2 Å². The van der Waals surface area contributed by atoms with Crippen molar-refractivity contribution in [1.82, 2.24) is 29.7 Å². The lowest BCUT2D eigenvalue weighted by molar-refractivity contribution is -0.140. The average Bonchev–Trinajstić information content (AvgIpc) is 3.84. The van der Waals surface area contributed by atoms with Crippen molar-refractivity contribution in [3.05, 3.63) is 163 Å². The Morgan fingerprint density at radius 1 is 0.603 bits per heavy atom. The summed E-state index contributed by atoms with van der Waals surface area (Å²) in [7, 11) is -7.38. The predicted octanol–water partition coefficient (Wildman–Crippen LogP) is 3.94. The molecule has 20 heteroatoms. The molecule has 0 bridgehead atoms. The van der Waals surface area contributed by atoms with Gasteiger partial charge in [-0.25, -0.2) is 30.6 Å². The third kappa shape index (κ3) is 17.1. The highest BCUT2D eigenvalue weighted by Crippen LogP contribution is 2.27. The molecule has 17 nitrogen and oxygen atoms in total. The summed E-state index contributed by atoms with van der Waals surface area (Å²) in [6.07, 6.45) is 1.85. The van der Waals surface area contributed by atoms with Crippen molar-refractivity contribution in [2.75, 3.05) is 32.7 Å². The first-order valence-corrected chi connectivity index (χ1v) is 25.3. The molecule has 68 heavy (non-hydrogen) atoms. The molecule has 6 rings (SSSR count).